The Kier molecular flexibility index (Phi) is 7.34. The van der Waals surface area contributed by atoms with Crippen molar-refractivity contribution < 1.29 is 4.79 Å². The minimum absolute atomic E-state index is 0.109. The molecule has 1 amide bonds. The standard InChI is InChI=1S/C17H20ClN3O2S/c1-2-3-7-19-15(22)9-14-10-16(23)21-17(20-14)24-11-12-5-4-6-13(18)8-12/h4-6,8,10H,2-3,7,9,11H2,1H3,(H,19,22)(H,20,21,23). The first-order chi connectivity index (χ1) is 11.6. The number of hydrogen-bond donors (Lipinski definition) is 2. The summed E-state index contributed by atoms with van der Waals surface area (Å²) in [5, 5.41) is 3.99. The molecule has 0 aliphatic rings. The smallest absolute Gasteiger partial charge is 0.251 e. The summed E-state index contributed by atoms with van der Waals surface area (Å²) in [5.74, 6) is 0.516. The molecular weight excluding hydrogens is 346 g/mol. The van der Waals surface area contributed by atoms with E-state index in [-0.39, 0.29) is 17.9 Å². The van der Waals surface area contributed by atoms with Crippen LogP contribution in [0.15, 0.2) is 40.3 Å². The number of halogens is 1. The van der Waals surface area contributed by atoms with E-state index in [0.29, 0.717) is 28.2 Å². The van der Waals surface area contributed by atoms with Gasteiger partial charge in [-0.15, -0.1) is 0 Å². The third-order valence-corrected chi connectivity index (χ3v) is 4.41. The molecule has 0 bridgehead atoms. The van der Waals surface area contributed by atoms with Crippen LogP contribution in [0.4, 0.5) is 0 Å². The van der Waals surface area contributed by atoms with Gasteiger partial charge in [0.05, 0.1) is 12.1 Å². The zero-order valence-corrected chi connectivity index (χ0v) is 15.0. The SMILES string of the molecule is CCCCNC(=O)Cc1cc(=O)[nH]c(SCc2cccc(Cl)c2)n1. The molecule has 24 heavy (non-hydrogen) atoms. The third kappa shape index (κ3) is 6.37. The average molecular weight is 366 g/mol. The van der Waals surface area contributed by atoms with Crippen LogP contribution in [0, 0.1) is 0 Å². The fourth-order valence-electron chi connectivity index (χ4n) is 2.05. The Hall–Kier alpha value is -1.79. The number of amides is 1. The minimum atomic E-state index is -0.255. The number of benzene rings is 1. The first-order valence-corrected chi connectivity index (χ1v) is 9.17. The van der Waals surface area contributed by atoms with Crippen LogP contribution < -0.4 is 10.9 Å². The lowest BCUT2D eigenvalue weighted by Crippen LogP contribution is -2.27. The monoisotopic (exact) mass is 365 g/mol. The third-order valence-electron chi connectivity index (χ3n) is 3.23. The van der Waals surface area contributed by atoms with E-state index < -0.39 is 0 Å². The largest absolute Gasteiger partial charge is 0.356 e. The van der Waals surface area contributed by atoms with Crippen molar-refractivity contribution in [2.24, 2.45) is 0 Å². The number of unbranched alkanes of at least 4 members (excludes halogenated alkanes) is 1. The van der Waals surface area contributed by atoms with Gasteiger partial charge in [0.25, 0.3) is 5.56 Å². The molecule has 2 aromatic rings. The molecule has 1 heterocycles. The second-order valence-electron chi connectivity index (χ2n) is 5.34. The van der Waals surface area contributed by atoms with Crippen molar-refractivity contribution in [2.45, 2.75) is 37.1 Å². The second-order valence-corrected chi connectivity index (χ2v) is 6.74. The van der Waals surface area contributed by atoms with E-state index in [9.17, 15) is 9.59 Å². The first-order valence-electron chi connectivity index (χ1n) is 7.81. The molecule has 128 valence electrons. The van der Waals surface area contributed by atoms with Gasteiger partial charge in [0.1, 0.15) is 0 Å². The van der Waals surface area contributed by atoms with Crippen LogP contribution >= 0.6 is 23.4 Å². The molecule has 0 unspecified atom stereocenters. The molecule has 2 rings (SSSR count). The zero-order valence-electron chi connectivity index (χ0n) is 13.5. The van der Waals surface area contributed by atoms with Gasteiger partial charge >= 0.3 is 0 Å². The molecule has 1 aromatic heterocycles. The van der Waals surface area contributed by atoms with E-state index in [4.69, 9.17) is 11.6 Å². The van der Waals surface area contributed by atoms with Gasteiger partial charge in [-0.05, 0) is 24.1 Å². The molecule has 0 saturated carbocycles. The van der Waals surface area contributed by atoms with Crippen molar-refractivity contribution in [2.75, 3.05) is 6.54 Å². The number of aromatic nitrogens is 2. The Balaban J connectivity index is 1.97. The molecule has 0 radical (unpaired) electrons. The lowest BCUT2D eigenvalue weighted by molar-refractivity contribution is -0.120. The van der Waals surface area contributed by atoms with Crippen molar-refractivity contribution in [1.82, 2.24) is 15.3 Å². The van der Waals surface area contributed by atoms with Gasteiger partial charge in [-0.2, -0.15) is 0 Å². The average Bonchev–Trinajstić information content (AvgIpc) is 2.53. The number of thioether (sulfide) groups is 1. The molecule has 0 aliphatic carbocycles. The molecule has 0 fully saturated rings. The summed E-state index contributed by atoms with van der Waals surface area (Å²) < 4.78 is 0. The molecule has 0 atom stereocenters. The van der Waals surface area contributed by atoms with E-state index >= 15 is 0 Å². The van der Waals surface area contributed by atoms with Gasteiger partial charge < -0.3 is 10.3 Å². The van der Waals surface area contributed by atoms with E-state index in [2.05, 4.69) is 22.2 Å². The maximum atomic E-state index is 11.8. The summed E-state index contributed by atoms with van der Waals surface area (Å²) in [4.78, 5) is 30.6. The number of rotatable bonds is 8. The maximum Gasteiger partial charge on any atom is 0.251 e. The van der Waals surface area contributed by atoms with Gasteiger partial charge in [0.2, 0.25) is 5.91 Å². The highest BCUT2D eigenvalue weighted by atomic mass is 35.5. The topological polar surface area (TPSA) is 74.8 Å². The number of hydrogen-bond acceptors (Lipinski definition) is 4. The Morgan fingerprint density at radius 3 is 2.96 bits per heavy atom. The minimum Gasteiger partial charge on any atom is -0.356 e. The molecular formula is C17H20ClN3O2S. The number of nitrogens with one attached hydrogen (secondary N) is 2. The van der Waals surface area contributed by atoms with Crippen LogP contribution in [0.25, 0.3) is 0 Å². The lowest BCUT2D eigenvalue weighted by Gasteiger charge is -2.06. The van der Waals surface area contributed by atoms with Crippen LogP contribution in [0.2, 0.25) is 5.02 Å². The summed E-state index contributed by atoms with van der Waals surface area (Å²) in [5.41, 5.74) is 1.26. The summed E-state index contributed by atoms with van der Waals surface area (Å²) in [6.45, 7) is 2.71. The fraction of sp³-hybridized carbons (Fsp3) is 0.353. The Morgan fingerprint density at radius 2 is 2.21 bits per heavy atom. The van der Waals surface area contributed by atoms with Gasteiger partial charge in [-0.25, -0.2) is 4.98 Å². The molecule has 0 saturated heterocycles. The molecule has 1 aromatic carbocycles. The number of H-pyrrole nitrogens is 1. The highest BCUT2D eigenvalue weighted by Crippen LogP contribution is 2.20. The van der Waals surface area contributed by atoms with Crippen LogP contribution in [-0.2, 0) is 17.0 Å². The summed E-state index contributed by atoms with van der Waals surface area (Å²) in [6.07, 6.45) is 2.07. The van der Waals surface area contributed by atoms with Gasteiger partial charge in [0.15, 0.2) is 5.16 Å². The fourth-order valence-corrected chi connectivity index (χ4v) is 3.10. The highest BCUT2D eigenvalue weighted by Gasteiger charge is 2.08. The number of aromatic amines is 1. The van der Waals surface area contributed by atoms with Gasteiger partial charge in [0, 0.05) is 23.4 Å². The summed E-state index contributed by atoms with van der Waals surface area (Å²) >= 11 is 7.36. The Labute approximate surface area is 150 Å². The molecule has 2 N–H and O–H groups in total. The predicted octanol–water partition coefficient (Wildman–Crippen LogP) is 3.17. The number of nitrogens with zero attached hydrogens (tertiary/aromatic N) is 1. The molecule has 5 nitrogen and oxygen atoms in total. The molecule has 0 aliphatic heterocycles. The van der Waals surface area contributed by atoms with Crippen LogP contribution in [0.5, 0.6) is 0 Å². The van der Waals surface area contributed by atoms with E-state index in [1.807, 2.05) is 24.3 Å². The van der Waals surface area contributed by atoms with Crippen LogP contribution in [-0.4, -0.2) is 22.4 Å². The Bertz CT molecular complexity index is 749. The van der Waals surface area contributed by atoms with Crippen LogP contribution in [0.1, 0.15) is 31.0 Å². The summed E-state index contributed by atoms with van der Waals surface area (Å²) in [7, 11) is 0. The summed E-state index contributed by atoms with van der Waals surface area (Å²) in [6, 6.07) is 8.89. The predicted molar refractivity (Wildman–Crippen MR) is 97.5 cm³/mol. The number of carbonyl (C=O) groups is 1. The molecule has 7 heteroatoms. The second kappa shape index (κ2) is 9.49. The van der Waals surface area contributed by atoms with Gasteiger partial charge in [-0.3, -0.25) is 9.59 Å². The van der Waals surface area contributed by atoms with E-state index in [1.54, 1.807) is 0 Å². The molecule has 0 spiro atoms. The quantitative estimate of drug-likeness (QED) is 0.428. The van der Waals surface area contributed by atoms with Crippen LogP contribution in [0.3, 0.4) is 0 Å². The van der Waals surface area contributed by atoms with Gasteiger partial charge in [-0.1, -0.05) is 48.8 Å². The normalized spacial score (nSPS) is 10.6. The maximum absolute atomic E-state index is 11.8. The first kappa shape index (κ1) is 18.5. The van der Waals surface area contributed by atoms with Crippen molar-refractivity contribution in [3.8, 4) is 0 Å². The van der Waals surface area contributed by atoms with E-state index in [0.717, 1.165) is 18.4 Å². The van der Waals surface area contributed by atoms with Crippen molar-refractivity contribution in [1.29, 1.82) is 0 Å². The van der Waals surface area contributed by atoms with Crippen molar-refractivity contribution in [3.05, 3.63) is 57.0 Å². The zero-order chi connectivity index (χ0) is 17.4. The Morgan fingerprint density at radius 1 is 1.38 bits per heavy atom. The van der Waals surface area contributed by atoms with Crippen molar-refractivity contribution in [3.63, 3.8) is 0 Å². The van der Waals surface area contributed by atoms with E-state index in [1.165, 1.54) is 17.8 Å². The van der Waals surface area contributed by atoms with Crippen molar-refractivity contribution >= 4 is 29.3 Å². The lowest BCUT2D eigenvalue weighted by atomic mass is 10.2. The highest BCUT2D eigenvalue weighted by molar-refractivity contribution is 7.98. The number of carbonyl (C=O) groups excluding carboxylic acids is 1.